The van der Waals surface area contributed by atoms with Gasteiger partial charge in [0.15, 0.2) is 0 Å². The summed E-state index contributed by atoms with van der Waals surface area (Å²) in [5.41, 5.74) is 0. The van der Waals surface area contributed by atoms with Gasteiger partial charge in [-0.15, -0.1) is 10.2 Å². The molecule has 0 amide bonds. The van der Waals surface area contributed by atoms with Crippen molar-refractivity contribution in [2.24, 2.45) is 0 Å². The molecule has 1 N–H and O–H groups in total. The van der Waals surface area contributed by atoms with E-state index in [0.717, 1.165) is 37.8 Å². The molecule has 17 heavy (non-hydrogen) atoms. The minimum absolute atomic E-state index is 0.752. The van der Waals surface area contributed by atoms with Crippen molar-refractivity contribution >= 4 is 0 Å². The Balaban J connectivity index is 1.75. The number of rotatable bonds is 6. The van der Waals surface area contributed by atoms with E-state index in [4.69, 9.17) is 0 Å². The monoisotopic (exact) mass is 234 g/mol. The summed E-state index contributed by atoms with van der Waals surface area (Å²) < 4.78 is 4.16. The van der Waals surface area contributed by atoms with Crippen molar-refractivity contribution in [2.75, 3.05) is 6.54 Å². The van der Waals surface area contributed by atoms with Crippen LogP contribution in [-0.4, -0.2) is 30.9 Å². The highest BCUT2D eigenvalue weighted by molar-refractivity contribution is 4.89. The van der Waals surface area contributed by atoms with E-state index in [1.165, 1.54) is 0 Å². The number of aryl methyl sites for hydroxylation is 2. The molecule has 2 heterocycles. The molecule has 6 heteroatoms. The molecule has 2 aromatic rings. The molecule has 2 aromatic heterocycles. The van der Waals surface area contributed by atoms with Crippen LogP contribution in [0, 0.1) is 6.92 Å². The standard InChI is InChI=1S/C11H18N6/c1-3-16-9-14-15-11(16)8-12-4-6-17-7-5-13-10(17)2/h5,7,9,12H,3-4,6,8H2,1-2H3. The third-order valence-electron chi connectivity index (χ3n) is 2.77. The van der Waals surface area contributed by atoms with Crippen LogP contribution in [0.15, 0.2) is 18.7 Å². The second-order valence-corrected chi connectivity index (χ2v) is 3.88. The highest BCUT2D eigenvalue weighted by atomic mass is 15.3. The third kappa shape index (κ3) is 2.91. The van der Waals surface area contributed by atoms with Gasteiger partial charge >= 0.3 is 0 Å². The van der Waals surface area contributed by atoms with Crippen molar-refractivity contribution < 1.29 is 0 Å². The molecule has 92 valence electrons. The summed E-state index contributed by atoms with van der Waals surface area (Å²) in [7, 11) is 0. The molecule has 0 aromatic carbocycles. The Morgan fingerprint density at radius 1 is 1.35 bits per heavy atom. The lowest BCUT2D eigenvalue weighted by Crippen LogP contribution is -2.21. The number of hydrogen-bond acceptors (Lipinski definition) is 4. The van der Waals surface area contributed by atoms with E-state index in [1.807, 2.05) is 23.9 Å². The van der Waals surface area contributed by atoms with E-state index in [0.29, 0.717) is 0 Å². The number of hydrogen-bond donors (Lipinski definition) is 1. The number of nitrogens with zero attached hydrogens (tertiary/aromatic N) is 5. The Hall–Kier alpha value is -1.69. The Morgan fingerprint density at radius 3 is 2.94 bits per heavy atom. The second kappa shape index (κ2) is 5.58. The summed E-state index contributed by atoms with van der Waals surface area (Å²) in [6.07, 6.45) is 5.58. The predicted molar refractivity (Wildman–Crippen MR) is 64.4 cm³/mol. The Morgan fingerprint density at radius 2 is 2.24 bits per heavy atom. The van der Waals surface area contributed by atoms with Crippen LogP contribution < -0.4 is 5.32 Å². The molecular weight excluding hydrogens is 216 g/mol. The lowest BCUT2D eigenvalue weighted by Gasteiger charge is -2.07. The Labute approximate surface area is 101 Å². The first-order chi connectivity index (χ1) is 8.31. The predicted octanol–water partition coefficient (Wildman–Crippen LogP) is 0.593. The highest BCUT2D eigenvalue weighted by Gasteiger charge is 2.01. The first kappa shape index (κ1) is 11.8. The Bertz CT molecular complexity index is 458. The fourth-order valence-electron chi connectivity index (χ4n) is 1.72. The topological polar surface area (TPSA) is 60.6 Å². The number of imidazole rings is 1. The van der Waals surface area contributed by atoms with Crippen molar-refractivity contribution in [1.82, 2.24) is 29.6 Å². The van der Waals surface area contributed by atoms with Crippen molar-refractivity contribution in [3.8, 4) is 0 Å². The fourth-order valence-corrected chi connectivity index (χ4v) is 1.72. The van der Waals surface area contributed by atoms with Gasteiger partial charge in [-0.05, 0) is 13.8 Å². The summed E-state index contributed by atoms with van der Waals surface area (Å²) in [6, 6.07) is 0. The highest BCUT2D eigenvalue weighted by Crippen LogP contribution is 1.95. The molecule has 0 aliphatic carbocycles. The first-order valence-corrected chi connectivity index (χ1v) is 5.86. The van der Waals surface area contributed by atoms with Gasteiger partial charge in [0, 0.05) is 32.0 Å². The molecule has 0 unspecified atom stereocenters. The van der Waals surface area contributed by atoms with Crippen LogP contribution in [0.5, 0.6) is 0 Å². The SMILES string of the molecule is CCn1cnnc1CNCCn1ccnc1C. The molecular formula is C11H18N6. The van der Waals surface area contributed by atoms with Crippen LogP contribution in [0.4, 0.5) is 0 Å². The molecule has 0 radical (unpaired) electrons. The zero-order valence-electron chi connectivity index (χ0n) is 10.3. The second-order valence-electron chi connectivity index (χ2n) is 3.88. The van der Waals surface area contributed by atoms with Crippen LogP contribution in [0.2, 0.25) is 0 Å². The minimum Gasteiger partial charge on any atom is -0.334 e. The van der Waals surface area contributed by atoms with E-state index in [9.17, 15) is 0 Å². The lowest BCUT2D eigenvalue weighted by atomic mass is 10.5. The van der Waals surface area contributed by atoms with Crippen molar-refractivity contribution in [3.05, 3.63) is 30.4 Å². The molecule has 2 rings (SSSR count). The maximum Gasteiger partial charge on any atom is 0.146 e. The maximum absolute atomic E-state index is 4.18. The fraction of sp³-hybridized carbons (Fsp3) is 0.545. The van der Waals surface area contributed by atoms with E-state index < -0.39 is 0 Å². The zero-order valence-corrected chi connectivity index (χ0v) is 10.3. The lowest BCUT2D eigenvalue weighted by molar-refractivity contribution is 0.560. The van der Waals surface area contributed by atoms with Gasteiger partial charge in [-0.2, -0.15) is 0 Å². The molecule has 0 aliphatic heterocycles. The maximum atomic E-state index is 4.18. The van der Waals surface area contributed by atoms with Gasteiger partial charge in [-0.1, -0.05) is 0 Å². The van der Waals surface area contributed by atoms with Crippen LogP contribution in [0.1, 0.15) is 18.6 Å². The van der Waals surface area contributed by atoms with Gasteiger partial charge in [0.1, 0.15) is 18.0 Å². The minimum atomic E-state index is 0.752. The van der Waals surface area contributed by atoms with Gasteiger partial charge < -0.3 is 14.5 Å². The van der Waals surface area contributed by atoms with Crippen LogP contribution >= 0.6 is 0 Å². The van der Waals surface area contributed by atoms with Crippen molar-refractivity contribution in [1.29, 1.82) is 0 Å². The first-order valence-electron chi connectivity index (χ1n) is 5.86. The van der Waals surface area contributed by atoms with E-state index in [2.05, 4.69) is 32.0 Å². The van der Waals surface area contributed by atoms with Gasteiger partial charge in [-0.25, -0.2) is 4.98 Å². The summed E-state index contributed by atoms with van der Waals surface area (Å²) in [6.45, 7) is 7.57. The normalized spacial score (nSPS) is 10.9. The molecule has 0 saturated heterocycles. The summed E-state index contributed by atoms with van der Waals surface area (Å²) in [5, 5.41) is 11.3. The van der Waals surface area contributed by atoms with Crippen molar-refractivity contribution in [3.63, 3.8) is 0 Å². The molecule has 0 fully saturated rings. The molecule has 6 nitrogen and oxygen atoms in total. The average molecular weight is 234 g/mol. The van der Waals surface area contributed by atoms with E-state index in [-0.39, 0.29) is 0 Å². The van der Waals surface area contributed by atoms with Crippen LogP contribution in [-0.2, 0) is 19.6 Å². The molecule has 0 atom stereocenters. The van der Waals surface area contributed by atoms with Gasteiger partial charge in [0.05, 0.1) is 6.54 Å². The summed E-state index contributed by atoms with van der Waals surface area (Å²) in [4.78, 5) is 4.18. The largest absolute Gasteiger partial charge is 0.334 e. The quantitative estimate of drug-likeness (QED) is 0.743. The molecule has 0 saturated carbocycles. The molecule has 0 spiro atoms. The van der Waals surface area contributed by atoms with E-state index >= 15 is 0 Å². The zero-order chi connectivity index (χ0) is 12.1. The average Bonchev–Trinajstić information content (AvgIpc) is 2.93. The smallest absolute Gasteiger partial charge is 0.146 e. The van der Waals surface area contributed by atoms with Gasteiger partial charge in [0.2, 0.25) is 0 Å². The summed E-state index contributed by atoms with van der Waals surface area (Å²) in [5.74, 6) is 2.03. The number of aromatic nitrogens is 5. The Kier molecular flexibility index (Phi) is 3.87. The number of nitrogens with one attached hydrogen (secondary N) is 1. The molecule has 0 bridgehead atoms. The third-order valence-corrected chi connectivity index (χ3v) is 2.77. The van der Waals surface area contributed by atoms with Crippen molar-refractivity contribution in [2.45, 2.75) is 33.5 Å². The van der Waals surface area contributed by atoms with Gasteiger partial charge in [0.25, 0.3) is 0 Å². The van der Waals surface area contributed by atoms with Gasteiger partial charge in [-0.3, -0.25) is 0 Å². The van der Waals surface area contributed by atoms with E-state index in [1.54, 1.807) is 6.33 Å². The van der Waals surface area contributed by atoms with Crippen LogP contribution in [0.3, 0.4) is 0 Å². The molecule has 0 aliphatic rings. The summed E-state index contributed by atoms with van der Waals surface area (Å²) >= 11 is 0. The van der Waals surface area contributed by atoms with Crippen LogP contribution in [0.25, 0.3) is 0 Å².